The summed E-state index contributed by atoms with van der Waals surface area (Å²) in [6.45, 7) is 3.10. The van der Waals surface area contributed by atoms with Gasteiger partial charge in [-0.15, -0.1) is 0 Å². The molecule has 18 heavy (non-hydrogen) atoms. The van der Waals surface area contributed by atoms with Crippen molar-refractivity contribution >= 4 is 21.8 Å². The number of carbonyl (C=O) groups excluding carboxylic acids is 1. The second-order valence-electron chi connectivity index (χ2n) is 3.91. The lowest BCUT2D eigenvalue weighted by Crippen LogP contribution is -2.34. The summed E-state index contributed by atoms with van der Waals surface area (Å²) in [5.41, 5.74) is 0.269. The quantitative estimate of drug-likeness (QED) is 0.693. The average Bonchev–Trinajstić information content (AvgIpc) is 2.31. The highest BCUT2D eigenvalue weighted by molar-refractivity contribution is 9.10. The van der Waals surface area contributed by atoms with E-state index in [1.54, 1.807) is 13.0 Å². The Morgan fingerprint density at radius 1 is 1.50 bits per heavy atom. The summed E-state index contributed by atoms with van der Waals surface area (Å²) in [6.07, 6.45) is -0.418. The Morgan fingerprint density at radius 3 is 2.89 bits per heavy atom. The fraction of sp³-hybridized carbons (Fsp3) is 0.417. The van der Waals surface area contributed by atoms with Crippen molar-refractivity contribution in [2.75, 3.05) is 19.6 Å². The van der Waals surface area contributed by atoms with Gasteiger partial charge in [-0.1, -0.05) is 6.07 Å². The van der Waals surface area contributed by atoms with Crippen LogP contribution >= 0.6 is 15.9 Å². The molecular weight excluding hydrogens is 303 g/mol. The number of amides is 1. The largest absolute Gasteiger partial charge is 0.392 e. The number of benzene rings is 1. The van der Waals surface area contributed by atoms with E-state index in [1.165, 1.54) is 12.1 Å². The van der Waals surface area contributed by atoms with Crippen LogP contribution in [-0.2, 0) is 0 Å². The van der Waals surface area contributed by atoms with Crippen molar-refractivity contribution in [1.29, 1.82) is 0 Å². The van der Waals surface area contributed by atoms with Gasteiger partial charge in [0.1, 0.15) is 5.82 Å². The van der Waals surface area contributed by atoms with Crippen LogP contribution in [0.3, 0.4) is 0 Å². The SMILES string of the molecule is CC(O)CNCCNC(=O)c1cccc(F)c1Br. The molecule has 0 aliphatic rings. The van der Waals surface area contributed by atoms with Gasteiger partial charge >= 0.3 is 0 Å². The Morgan fingerprint density at radius 2 is 2.22 bits per heavy atom. The molecule has 1 aromatic rings. The number of nitrogens with one attached hydrogen (secondary N) is 2. The molecule has 100 valence electrons. The predicted octanol–water partition coefficient (Wildman–Crippen LogP) is 1.29. The third-order valence-corrected chi connectivity index (χ3v) is 3.03. The van der Waals surface area contributed by atoms with Crippen LogP contribution in [0.5, 0.6) is 0 Å². The molecule has 4 nitrogen and oxygen atoms in total. The molecule has 0 saturated heterocycles. The van der Waals surface area contributed by atoms with Gasteiger partial charge in [-0.3, -0.25) is 4.79 Å². The van der Waals surface area contributed by atoms with Gasteiger partial charge in [0.25, 0.3) is 5.91 Å². The van der Waals surface area contributed by atoms with Gasteiger partial charge in [0.2, 0.25) is 0 Å². The first-order valence-corrected chi connectivity index (χ1v) is 6.42. The van der Waals surface area contributed by atoms with Crippen LogP contribution < -0.4 is 10.6 Å². The summed E-state index contributed by atoms with van der Waals surface area (Å²) in [5.74, 6) is -0.796. The van der Waals surface area contributed by atoms with E-state index in [1.807, 2.05) is 0 Å². The van der Waals surface area contributed by atoms with E-state index in [0.717, 1.165) is 0 Å². The van der Waals surface area contributed by atoms with Gasteiger partial charge in [0.05, 0.1) is 16.1 Å². The van der Waals surface area contributed by atoms with Crippen LogP contribution in [0, 0.1) is 5.82 Å². The minimum Gasteiger partial charge on any atom is -0.392 e. The van der Waals surface area contributed by atoms with E-state index < -0.39 is 11.9 Å². The lowest BCUT2D eigenvalue weighted by Gasteiger charge is -2.09. The number of hydrogen-bond acceptors (Lipinski definition) is 3. The van der Waals surface area contributed by atoms with Gasteiger partial charge in [-0.05, 0) is 35.0 Å². The smallest absolute Gasteiger partial charge is 0.252 e. The van der Waals surface area contributed by atoms with Gasteiger partial charge in [0.15, 0.2) is 0 Å². The molecule has 6 heteroatoms. The maximum Gasteiger partial charge on any atom is 0.252 e. The maximum atomic E-state index is 13.2. The topological polar surface area (TPSA) is 61.4 Å². The molecule has 1 unspecified atom stereocenters. The molecule has 1 atom stereocenters. The van der Waals surface area contributed by atoms with E-state index in [9.17, 15) is 9.18 Å². The lowest BCUT2D eigenvalue weighted by atomic mass is 10.2. The monoisotopic (exact) mass is 318 g/mol. The zero-order valence-corrected chi connectivity index (χ0v) is 11.6. The highest BCUT2D eigenvalue weighted by Gasteiger charge is 2.12. The molecule has 0 spiro atoms. The van der Waals surface area contributed by atoms with Crippen LogP contribution in [0.25, 0.3) is 0 Å². The van der Waals surface area contributed by atoms with E-state index in [0.29, 0.717) is 19.6 Å². The molecule has 0 heterocycles. The summed E-state index contributed by atoms with van der Waals surface area (Å²) >= 11 is 3.04. The molecule has 1 amide bonds. The molecule has 0 radical (unpaired) electrons. The Balaban J connectivity index is 2.39. The van der Waals surface area contributed by atoms with Gasteiger partial charge in [-0.2, -0.15) is 0 Å². The number of halogens is 2. The number of rotatable bonds is 6. The van der Waals surface area contributed by atoms with E-state index >= 15 is 0 Å². The van der Waals surface area contributed by atoms with Crippen molar-refractivity contribution in [2.24, 2.45) is 0 Å². The maximum absolute atomic E-state index is 13.2. The molecule has 0 bridgehead atoms. The second kappa shape index (κ2) is 7.45. The predicted molar refractivity (Wildman–Crippen MR) is 71.0 cm³/mol. The summed E-state index contributed by atoms with van der Waals surface area (Å²) < 4.78 is 13.4. The van der Waals surface area contributed by atoms with Crippen molar-refractivity contribution in [3.63, 3.8) is 0 Å². The zero-order chi connectivity index (χ0) is 13.5. The van der Waals surface area contributed by atoms with Gasteiger partial charge in [0, 0.05) is 19.6 Å². The molecule has 0 saturated carbocycles. The molecule has 1 rings (SSSR count). The minimum absolute atomic E-state index is 0.166. The first-order chi connectivity index (χ1) is 8.52. The van der Waals surface area contributed by atoms with E-state index in [-0.39, 0.29) is 15.9 Å². The highest BCUT2D eigenvalue weighted by Crippen LogP contribution is 2.19. The number of hydrogen-bond donors (Lipinski definition) is 3. The third kappa shape index (κ3) is 4.72. The standard InChI is InChI=1S/C12H16BrFN2O2/c1-8(17)7-15-5-6-16-12(18)9-3-2-4-10(14)11(9)13/h2-4,8,15,17H,5-7H2,1H3,(H,16,18). The van der Waals surface area contributed by atoms with Crippen LogP contribution in [0.15, 0.2) is 22.7 Å². The van der Waals surface area contributed by atoms with Crippen LogP contribution in [0.4, 0.5) is 4.39 Å². The second-order valence-corrected chi connectivity index (χ2v) is 4.70. The van der Waals surface area contributed by atoms with Crippen molar-refractivity contribution in [3.05, 3.63) is 34.1 Å². The number of carbonyl (C=O) groups is 1. The highest BCUT2D eigenvalue weighted by atomic mass is 79.9. The zero-order valence-electron chi connectivity index (χ0n) is 10.0. The fourth-order valence-electron chi connectivity index (χ4n) is 1.35. The first kappa shape index (κ1) is 15.1. The van der Waals surface area contributed by atoms with Gasteiger partial charge in [-0.25, -0.2) is 4.39 Å². The molecule has 1 aromatic carbocycles. The van der Waals surface area contributed by atoms with Crippen molar-refractivity contribution < 1.29 is 14.3 Å². The molecule has 0 fully saturated rings. The van der Waals surface area contributed by atoms with E-state index in [4.69, 9.17) is 5.11 Å². The Labute approximate surface area is 114 Å². The molecular formula is C12H16BrFN2O2. The van der Waals surface area contributed by atoms with Crippen molar-refractivity contribution in [3.8, 4) is 0 Å². The number of aliphatic hydroxyl groups excluding tert-OH is 1. The first-order valence-electron chi connectivity index (χ1n) is 5.63. The average molecular weight is 319 g/mol. The lowest BCUT2D eigenvalue weighted by molar-refractivity contribution is 0.0952. The molecule has 0 aliphatic heterocycles. The summed E-state index contributed by atoms with van der Waals surface area (Å²) in [7, 11) is 0. The Bertz CT molecular complexity index is 413. The van der Waals surface area contributed by atoms with Gasteiger partial charge < -0.3 is 15.7 Å². The summed E-state index contributed by atoms with van der Waals surface area (Å²) in [4.78, 5) is 11.7. The Hall–Kier alpha value is -0.980. The molecule has 0 aliphatic carbocycles. The van der Waals surface area contributed by atoms with Crippen LogP contribution in [0.2, 0.25) is 0 Å². The fourth-order valence-corrected chi connectivity index (χ4v) is 1.79. The number of aliphatic hydroxyl groups is 1. The molecule has 0 aromatic heterocycles. The van der Waals surface area contributed by atoms with Crippen molar-refractivity contribution in [1.82, 2.24) is 10.6 Å². The summed E-state index contributed by atoms with van der Waals surface area (Å²) in [5, 5.41) is 14.6. The minimum atomic E-state index is -0.463. The Kier molecular flexibility index (Phi) is 6.24. The normalized spacial score (nSPS) is 12.2. The van der Waals surface area contributed by atoms with Crippen LogP contribution in [-0.4, -0.2) is 36.8 Å². The summed E-state index contributed by atoms with van der Waals surface area (Å²) in [6, 6.07) is 4.32. The molecule has 3 N–H and O–H groups in total. The third-order valence-electron chi connectivity index (χ3n) is 2.22. The van der Waals surface area contributed by atoms with Crippen molar-refractivity contribution in [2.45, 2.75) is 13.0 Å². The van der Waals surface area contributed by atoms with E-state index in [2.05, 4.69) is 26.6 Å². The van der Waals surface area contributed by atoms with Crippen LogP contribution in [0.1, 0.15) is 17.3 Å².